The van der Waals surface area contributed by atoms with Gasteiger partial charge in [0.25, 0.3) is 5.56 Å². The van der Waals surface area contributed by atoms with Gasteiger partial charge < -0.3 is 4.98 Å². The monoisotopic (exact) mass is 396 g/mol. The Kier molecular flexibility index (Phi) is 4.35. The van der Waals surface area contributed by atoms with Gasteiger partial charge in [0.15, 0.2) is 11.5 Å². The fraction of sp³-hybridized carbons (Fsp3) is 0.105. The zero-order valence-corrected chi connectivity index (χ0v) is 14.9. The van der Waals surface area contributed by atoms with Crippen molar-refractivity contribution in [3.8, 4) is 17.6 Å². The van der Waals surface area contributed by atoms with Crippen molar-refractivity contribution in [1.29, 1.82) is 5.26 Å². The van der Waals surface area contributed by atoms with Crippen LogP contribution >= 0.6 is 0 Å². The van der Waals surface area contributed by atoms with E-state index in [2.05, 4.69) is 19.9 Å². The molecule has 0 radical (unpaired) electrons. The lowest BCUT2D eigenvalue weighted by molar-refractivity contribution is 0.571. The van der Waals surface area contributed by atoms with Crippen molar-refractivity contribution < 1.29 is 13.2 Å². The van der Waals surface area contributed by atoms with Crippen LogP contribution in [-0.2, 0) is 6.42 Å². The lowest BCUT2D eigenvalue weighted by atomic mass is 10.1. The molecule has 1 N–H and O–H groups in total. The number of halogens is 3. The van der Waals surface area contributed by atoms with Crippen LogP contribution < -0.4 is 5.56 Å². The summed E-state index contributed by atoms with van der Waals surface area (Å²) in [6.07, 6.45) is 3.12. The number of aryl methyl sites for hydroxylation is 1. The second kappa shape index (κ2) is 6.87. The molecule has 0 aliphatic carbocycles. The highest BCUT2D eigenvalue weighted by Crippen LogP contribution is 2.22. The van der Waals surface area contributed by atoms with E-state index in [1.54, 1.807) is 6.07 Å². The van der Waals surface area contributed by atoms with Crippen molar-refractivity contribution in [3.63, 3.8) is 0 Å². The molecule has 29 heavy (non-hydrogen) atoms. The van der Waals surface area contributed by atoms with Crippen LogP contribution in [0.25, 0.3) is 17.2 Å². The number of rotatable bonds is 3. The highest BCUT2D eigenvalue weighted by Gasteiger charge is 2.17. The van der Waals surface area contributed by atoms with Crippen LogP contribution in [0, 0.1) is 35.8 Å². The van der Waals surface area contributed by atoms with Gasteiger partial charge in [0.05, 0.1) is 18.1 Å². The average Bonchev–Trinajstić information content (AvgIpc) is 3.07. The number of fused-ring (bicyclic) bond motifs is 1. The van der Waals surface area contributed by atoms with Crippen LogP contribution in [0.1, 0.15) is 22.4 Å². The number of benzene rings is 1. The zero-order valence-electron chi connectivity index (χ0n) is 14.9. The number of H-pyrrole nitrogens is 1. The third-order valence-electron chi connectivity index (χ3n) is 4.36. The SMILES string of the molecule is Cc1cc(F)c(Cc2nc(-c3ncc(C#N)c(=O)[nH]3)cn3c(F)cnc23)cc1F. The molecule has 4 rings (SSSR count). The third kappa shape index (κ3) is 3.23. The summed E-state index contributed by atoms with van der Waals surface area (Å²) in [5.74, 6) is -1.94. The van der Waals surface area contributed by atoms with Crippen LogP contribution in [0.15, 0.2) is 35.5 Å². The Balaban J connectivity index is 1.89. The predicted octanol–water partition coefficient (Wildman–Crippen LogP) is 2.67. The van der Waals surface area contributed by atoms with Crippen molar-refractivity contribution in [3.05, 3.63) is 81.0 Å². The number of imidazole rings is 1. The lowest BCUT2D eigenvalue weighted by Crippen LogP contribution is -2.13. The molecule has 0 aliphatic rings. The highest BCUT2D eigenvalue weighted by atomic mass is 19.1. The molecule has 0 amide bonds. The summed E-state index contributed by atoms with van der Waals surface area (Å²) in [4.78, 5) is 26.5. The summed E-state index contributed by atoms with van der Waals surface area (Å²) in [6.45, 7) is 1.44. The van der Waals surface area contributed by atoms with E-state index < -0.39 is 23.1 Å². The molecule has 0 fully saturated rings. The van der Waals surface area contributed by atoms with Crippen LogP contribution in [0.5, 0.6) is 0 Å². The molecule has 3 aromatic heterocycles. The molecule has 0 unspecified atom stereocenters. The van der Waals surface area contributed by atoms with Crippen LogP contribution in [-0.4, -0.2) is 24.3 Å². The van der Waals surface area contributed by atoms with Gasteiger partial charge in [-0.2, -0.15) is 9.65 Å². The topological polar surface area (TPSA) is 99.7 Å². The van der Waals surface area contributed by atoms with E-state index in [1.807, 2.05) is 0 Å². The molecule has 10 heteroatoms. The maximum atomic E-state index is 14.3. The summed E-state index contributed by atoms with van der Waals surface area (Å²) in [7, 11) is 0. The zero-order chi connectivity index (χ0) is 20.7. The van der Waals surface area contributed by atoms with E-state index in [9.17, 15) is 18.0 Å². The lowest BCUT2D eigenvalue weighted by Gasteiger charge is -2.09. The molecule has 4 aromatic rings. The van der Waals surface area contributed by atoms with Gasteiger partial charge in [-0.05, 0) is 30.2 Å². The molecular weight excluding hydrogens is 385 g/mol. The molecule has 0 saturated heterocycles. The van der Waals surface area contributed by atoms with Gasteiger partial charge >= 0.3 is 0 Å². The average molecular weight is 396 g/mol. The number of nitrogens with one attached hydrogen (secondary N) is 1. The molecule has 7 nitrogen and oxygen atoms in total. The number of hydrogen-bond donors (Lipinski definition) is 1. The Bertz CT molecular complexity index is 1370. The van der Waals surface area contributed by atoms with Gasteiger partial charge in [-0.25, -0.2) is 23.7 Å². The van der Waals surface area contributed by atoms with Crippen LogP contribution in [0.3, 0.4) is 0 Å². The Morgan fingerprint density at radius 1 is 1.17 bits per heavy atom. The quantitative estimate of drug-likeness (QED) is 0.574. The largest absolute Gasteiger partial charge is 0.304 e. The maximum Gasteiger partial charge on any atom is 0.269 e. The molecule has 0 saturated carbocycles. The number of nitrogens with zero attached hydrogens (tertiary/aromatic N) is 5. The van der Waals surface area contributed by atoms with E-state index >= 15 is 0 Å². The summed E-state index contributed by atoms with van der Waals surface area (Å²) < 4.78 is 43.4. The predicted molar refractivity (Wildman–Crippen MR) is 95.4 cm³/mol. The van der Waals surface area contributed by atoms with E-state index in [-0.39, 0.29) is 46.0 Å². The second-order valence-corrected chi connectivity index (χ2v) is 6.30. The molecule has 0 aliphatic heterocycles. The normalized spacial score (nSPS) is 11.0. The molecule has 0 spiro atoms. The van der Waals surface area contributed by atoms with Crippen molar-refractivity contribution in [2.45, 2.75) is 13.3 Å². The number of aromatic nitrogens is 5. The molecule has 144 valence electrons. The molecule has 0 atom stereocenters. The minimum absolute atomic E-state index is 0.0131. The Morgan fingerprint density at radius 2 is 1.97 bits per heavy atom. The van der Waals surface area contributed by atoms with Gasteiger partial charge in [0.2, 0.25) is 5.95 Å². The summed E-state index contributed by atoms with van der Waals surface area (Å²) in [5, 5.41) is 8.85. The Morgan fingerprint density at radius 3 is 2.69 bits per heavy atom. The van der Waals surface area contributed by atoms with Crippen molar-refractivity contribution in [2.24, 2.45) is 0 Å². The third-order valence-corrected chi connectivity index (χ3v) is 4.36. The first-order valence-corrected chi connectivity index (χ1v) is 8.34. The number of nitriles is 1. The maximum absolute atomic E-state index is 14.3. The minimum atomic E-state index is -0.712. The van der Waals surface area contributed by atoms with Crippen LogP contribution in [0.2, 0.25) is 0 Å². The van der Waals surface area contributed by atoms with Gasteiger partial charge in [-0.1, -0.05) is 0 Å². The van der Waals surface area contributed by atoms with E-state index in [0.29, 0.717) is 0 Å². The van der Waals surface area contributed by atoms with Gasteiger partial charge in [0, 0.05) is 12.6 Å². The second-order valence-electron chi connectivity index (χ2n) is 6.30. The van der Waals surface area contributed by atoms with Gasteiger partial charge in [0.1, 0.15) is 29.0 Å². The van der Waals surface area contributed by atoms with E-state index in [4.69, 9.17) is 5.26 Å². The number of aromatic amines is 1. The first-order valence-electron chi connectivity index (χ1n) is 8.34. The number of hydrogen-bond acceptors (Lipinski definition) is 5. The van der Waals surface area contributed by atoms with E-state index in [1.165, 1.54) is 13.1 Å². The first kappa shape index (κ1) is 18.4. The first-order chi connectivity index (χ1) is 13.9. The Labute approximate surface area is 161 Å². The summed E-state index contributed by atoms with van der Waals surface area (Å²) in [6, 6.07) is 3.81. The molecule has 1 aromatic carbocycles. The van der Waals surface area contributed by atoms with Gasteiger partial charge in [-0.3, -0.25) is 9.20 Å². The van der Waals surface area contributed by atoms with Crippen molar-refractivity contribution in [1.82, 2.24) is 24.3 Å². The van der Waals surface area contributed by atoms with Crippen LogP contribution in [0.4, 0.5) is 13.2 Å². The minimum Gasteiger partial charge on any atom is -0.304 e. The van der Waals surface area contributed by atoms with Crippen molar-refractivity contribution in [2.75, 3.05) is 0 Å². The fourth-order valence-corrected chi connectivity index (χ4v) is 2.86. The Hall–Kier alpha value is -4.00. The fourth-order valence-electron chi connectivity index (χ4n) is 2.86. The summed E-state index contributed by atoms with van der Waals surface area (Å²) >= 11 is 0. The summed E-state index contributed by atoms with van der Waals surface area (Å²) in [5.41, 5.74) is -0.365. The highest BCUT2D eigenvalue weighted by molar-refractivity contribution is 5.56. The van der Waals surface area contributed by atoms with E-state index in [0.717, 1.165) is 28.9 Å². The van der Waals surface area contributed by atoms with Crippen molar-refractivity contribution >= 4 is 5.65 Å². The van der Waals surface area contributed by atoms with Gasteiger partial charge in [-0.15, -0.1) is 0 Å². The standard InChI is InChI=1S/C19H11F3N6O/c1-9-2-13(21)10(3-12(9)20)4-14-18-25-7-16(22)28(18)8-15(26-14)17-24-6-11(5-23)19(29)27-17/h2-3,6-8H,4H2,1H3,(H,24,27,29). The molecule has 3 heterocycles. The molecular formula is C19H11F3N6O. The smallest absolute Gasteiger partial charge is 0.269 e. The molecule has 0 bridgehead atoms.